The Morgan fingerprint density at radius 3 is 2.29 bits per heavy atom. The maximum atomic E-state index is 3.67. The average Bonchev–Trinajstić information content (AvgIpc) is 2.47. The van der Waals surface area contributed by atoms with Crippen LogP contribution in [0.3, 0.4) is 0 Å². The van der Waals surface area contributed by atoms with Gasteiger partial charge in [-0.05, 0) is 60.7 Å². The topological polar surface area (TPSA) is 12.0 Å². The second-order valence-electron chi connectivity index (χ2n) is 5.54. The molecule has 0 saturated heterocycles. The van der Waals surface area contributed by atoms with Gasteiger partial charge >= 0.3 is 0 Å². The number of aryl methyl sites for hydroxylation is 2. The zero-order chi connectivity index (χ0) is 15.2. The van der Waals surface area contributed by atoms with E-state index in [0.29, 0.717) is 0 Å². The van der Waals surface area contributed by atoms with Gasteiger partial charge in [0, 0.05) is 4.47 Å². The van der Waals surface area contributed by atoms with Crippen molar-refractivity contribution < 1.29 is 0 Å². The molecular formula is C19H24BrN. The normalized spacial score (nSPS) is 12.4. The third kappa shape index (κ3) is 4.42. The van der Waals surface area contributed by atoms with Crippen molar-refractivity contribution in [3.63, 3.8) is 0 Å². The van der Waals surface area contributed by atoms with Gasteiger partial charge in [0.1, 0.15) is 0 Å². The van der Waals surface area contributed by atoms with Gasteiger partial charge in [0.05, 0.1) is 6.04 Å². The van der Waals surface area contributed by atoms with Gasteiger partial charge in [-0.3, -0.25) is 0 Å². The summed E-state index contributed by atoms with van der Waals surface area (Å²) in [6, 6.07) is 15.9. The molecule has 0 bridgehead atoms. The first-order chi connectivity index (χ1) is 10.1. The summed E-state index contributed by atoms with van der Waals surface area (Å²) in [6.07, 6.45) is 2.22. The van der Waals surface area contributed by atoms with Gasteiger partial charge in [0.2, 0.25) is 0 Å². The quantitative estimate of drug-likeness (QED) is 0.737. The molecule has 0 amide bonds. The lowest BCUT2D eigenvalue weighted by Crippen LogP contribution is -2.23. The van der Waals surface area contributed by atoms with Gasteiger partial charge in [-0.1, -0.05) is 60.1 Å². The summed E-state index contributed by atoms with van der Waals surface area (Å²) in [5.41, 5.74) is 5.32. The van der Waals surface area contributed by atoms with E-state index in [1.807, 2.05) is 0 Å². The Kier molecular flexibility index (Phi) is 6.01. The molecule has 1 unspecified atom stereocenters. The minimum absolute atomic E-state index is 0.257. The van der Waals surface area contributed by atoms with E-state index in [1.165, 1.54) is 22.3 Å². The molecule has 112 valence electrons. The second kappa shape index (κ2) is 7.77. The Labute approximate surface area is 136 Å². The number of hydrogen-bond donors (Lipinski definition) is 1. The summed E-state index contributed by atoms with van der Waals surface area (Å²) in [5, 5.41) is 3.67. The summed E-state index contributed by atoms with van der Waals surface area (Å²) >= 11 is 3.62. The summed E-state index contributed by atoms with van der Waals surface area (Å²) < 4.78 is 1.14. The number of hydrogen-bond acceptors (Lipinski definition) is 1. The standard InChI is InChI=1S/C19H24BrN/c1-4-10-21-19(16-8-6-15(5-2)7-9-16)17-11-14(3)12-18(20)13-17/h6-9,11-13,19,21H,4-5,10H2,1-3H3. The Morgan fingerprint density at radius 2 is 1.71 bits per heavy atom. The second-order valence-corrected chi connectivity index (χ2v) is 6.46. The lowest BCUT2D eigenvalue weighted by Gasteiger charge is -2.21. The van der Waals surface area contributed by atoms with Gasteiger partial charge in [-0.2, -0.15) is 0 Å². The van der Waals surface area contributed by atoms with E-state index in [0.717, 1.165) is 23.9 Å². The zero-order valence-corrected chi connectivity index (χ0v) is 14.7. The van der Waals surface area contributed by atoms with Gasteiger partial charge < -0.3 is 5.32 Å². The monoisotopic (exact) mass is 345 g/mol. The van der Waals surface area contributed by atoms with Crippen LogP contribution in [-0.4, -0.2) is 6.54 Å². The van der Waals surface area contributed by atoms with Crippen LogP contribution in [0.15, 0.2) is 46.9 Å². The lowest BCUT2D eigenvalue weighted by molar-refractivity contribution is 0.598. The van der Waals surface area contributed by atoms with Crippen LogP contribution in [0.5, 0.6) is 0 Å². The molecule has 2 rings (SSSR count). The summed E-state index contributed by atoms with van der Waals surface area (Å²) in [4.78, 5) is 0. The molecule has 0 heterocycles. The molecule has 21 heavy (non-hydrogen) atoms. The van der Waals surface area contributed by atoms with Crippen LogP contribution in [-0.2, 0) is 6.42 Å². The van der Waals surface area contributed by atoms with Crippen molar-refractivity contribution in [1.82, 2.24) is 5.32 Å². The highest BCUT2D eigenvalue weighted by molar-refractivity contribution is 9.10. The van der Waals surface area contributed by atoms with Crippen molar-refractivity contribution in [3.05, 3.63) is 69.2 Å². The predicted molar refractivity (Wildman–Crippen MR) is 94.8 cm³/mol. The zero-order valence-electron chi connectivity index (χ0n) is 13.1. The Balaban J connectivity index is 2.36. The third-order valence-electron chi connectivity index (χ3n) is 3.72. The first-order valence-electron chi connectivity index (χ1n) is 7.73. The van der Waals surface area contributed by atoms with Crippen molar-refractivity contribution in [2.75, 3.05) is 6.54 Å². The third-order valence-corrected chi connectivity index (χ3v) is 4.18. The van der Waals surface area contributed by atoms with Crippen LogP contribution >= 0.6 is 15.9 Å². The van der Waals surface area contributed by atoms with E-state index in [4.69, 9.17) is 0 Å². The fourth-order valence-electron chi connectivity index (χ4n) is 2.59. The molecule has 0 fully saturated rings. The average molecular weight is 346 g/mol. The number of rotatable bonds is 6. The molecular weight excluding hydrogens is 322 g/mol. The smallest absolute Gasteiger partial charge is 0.0577 e. The molecule has 0 spiro atoms. The van der Waals surface area contributed by atoms with Gasteiger partial charge in [-0.15, -0.1) is 0 Å². The SMILES string of the molecule is CCCNC(c1ccc(CC)cc1)c1cc(C)cc(Br)c1. The van der Waals surface area contributed by atoms with E-state index in [2.05, 4.69) is 84.5 Å². The fourth-order valence-corrected chi connectivity index (χ4v) is 3.22. The van der Waals surface area contributed by atoms with E-state index in [-0.39, 0.29) is 6.04 Å². The van der Waals surface area contributed by atoms with Crippen molar-refractivity contribution in [1.29, 1.82) is 0 Å². The van der Waals surface area contributed by atoms with Gasteiger partial charge in [0.25, 0.3) is 0 Å². The molecule has 0 aliphatic carbocycles. The highest BCUT2D eigenvalue weighted by atomic mass is 79.9. The fraction of sp³-hybridized carbons (Fsp3) is 0.368. The molecule has 0 aliphatic rings. The summed E-state index contributed by atoms with van der Waals surface area (Å²) in [6.45, 7) is 7.56. The summed E-state index contributed by atoms with van der Waals surface area (Å²) in [7, 11) is 0. The molecule has 1 nitrogen and oxygen atoms in total. The van der Waals surface area contributed by atoms with Crippen LogP contribution in [0.4, 0.5) is 0 Å². The van der Waals surface area contributed by atoms with E-state index in [9.17, 15) is 0 Å². The van der Waals surface area contributed by atoms with Crippen LogP contribution in [0.1, 0.15) is 48.6 Å². The molecule has 0 radical (unpaired) electrons. The highest BCUT2D eigenvalue weighted by Gasteiger charge is 2.14. The Hall–Kier alpha value is -1.12. The Bertz CT molecular complexity index is 554. The lowest BCUT2D eigenvalue weighted by atomic mass is 9.96. The van der Waals surface area contributed by atoms with Gasteiger partial charge in [0.15, 0.2) is 0 Å². The van der Waals surface area contributed by atoms with Crippen LogP contribution in [0.2, 0.25) is 0 Å². The van der Waals surface area contributed by atoms with E-state index >= 15 is 0 Å². The largest absolute Gasteiger partial charge is 0.306 e. The molecule has 1 atom stereocenters. The van der Waals surface area contributed by atoms with Crippen LogP contribution in [0.25, 0.3) is 0 Å². The molecule has 2 aromatic carbocycles. The van der Waals surface area contributed by atoms with Crippen molar-refractivity contribution in [2.24, 2.45) is 0 Å². The Morgan fingerprint density at radius 1 is 1.00 bits per heavy atom. The summed E-state index contributed by atoms with van der Waals surface area (Å²) in [5.74, 6) is 0. The van der Waals surface area contributed by atoms with Crippen molar-refractivity contribution >= 4 is 15.9 Å². The molecule has 2 heteroatoms. The first kappa shape index (κ1) is 16.3. The van der Waals surface area contributed by atoms with E-state index < -0.39 is 0 Å². The van der Waals surface area contributed by atoms with Gasteiger partial charge in [-0.25, -0.2) is 0 Å². The predicted octanol–water partition coefficient (Wildman–Crippen LogP) is 5.41. The number of benzene rings is 2. The van der Waals surface area contributed by atoms with Crippen molar-refractivity contribution in [2.45, 2.75) is 39.7 Å². The number of halogens is 1. The van der Waals surface area contributed by atoms with Crippen LogP contribution < -0.4 is 5.32 Å². The highest BCUT2D eigenvalue weighted by Crippen LogP contribution is 2.26. The maximum Gasteiger partial charge on any atom is 0.0577 e. The molecule has 2 aromatic rings. The van der Waals surface area contributed by atoms with Crippen LogP contribution in [0, 0.1) is 6.92 Å². The van der Waals surface area contributed by atoms with Crippen molar-refractivity contribution in [3.8, 4) is 0 Å². The maximum absolute atomic E-state index is 3.67. The molecule has 1 N–H and O–H groups in total. The molecule has 0 aromatic heterocycles. The first-order valence-corrected chi connectivity index (χ1v) is 8.52. The minimum Gasteiger partial charge on any atom is -0.306 e. The number of nitrogens with one attached hydrogen (secondary N) is 1. The molecule has 0 saturated carbocycles. The molecule has 0 aliphatic heterocycles. The van der Waals surface area contributed by atoms with E-state index in [1.54, 1.807) is 0 Å². The minimum atomic E-state index is 0.257.